The van der Waals surface area contributed by atoms with E-state index in [-0.39, 0.29) is 30.2 Å². The molecule has 0 radical (unpaired) electrons. The van der Waals surface area contributed by atoms with Crippen LogP contribution in [0.15, 0.2) is 24.3 Å². The summed E-state index contributed by atoms with van der Waals surface area (Å²) in [7, 11) is 0. The number of rotatable bonds is 7. The Labute approximate surface area is 118 Å². The first kappa shape index (κ1) is 16.0. The summed E-state index contributed by atoms with van der Waals surface area (Å²) in [6.07, 6.45) is -0.331. The number of aromatic hydroxyl groups is 1. The fourth-order valence-electron chi connectivity index (χ4n) is 1.81. The Morgan fingerprint density at radius 2 is 1.85 bits per heavy atom. The zero-order valence-electron chi connectivity index (χ0n) is 12.0. The number of carbonyl (C=O) groups excluding carboxylic acids is 2. The molecule has 0 saturated heterocycles. The van der Waals surface area contributed by atoms with Crippen molar-refractivity contribution in [2.24, 2.45) is 0 Å². The predicted octanol–water partition coefficient (Wildman–Crippen LogP) is 2.46. The second-order valence-corrected chi connectivity index (χ2v) is 4.81. The molecule has 0 aromatic heterocycles. The normalized spacial score (nSPS) is 13.3. The maximum Gasteiger partial charge on any atom is 0.313 e. The third-order valence-electron chi connectivity index (χ3n) is 2.58. The molecule has 0 saturated carbocycles. The summed E-state index contributed by atoms with van der Waals surface area (Å²) >= 11 is 0. The summed E-state index contributed by atoms with van der Waals surface area (Å²) in [5.74, 6) is -0.289. The first-order valence-corrected chi connectivity index (χ1v) is 6.52. The molecule has 0 unspecified atom stereocenters. The van der Waals surface area contributed by atoms with Gasteiger partial charge < -0.3 is 14.6 Å². The van der Waals surface area contributed by atoms with Crippen LogP contribution in [0.2, 0.25) is 0 Å². The number of para-hydroxylation sites is 2. The van der Waals surface area contributed by atoms with E-state index in [4.69, 9.17) is 9.47 Å². The van der Waals surface area contributed by atoms with Crippen molar-refractivity contribution in [1.29, 1.82) is 0 Å². The lowest BCUT2D eigenvalue weighted by atomic mass is 10.2. The van der Waals surface area contributed by atoms with Crippen LogP contribution >= 0.6 is 0 Å². The standard InChI is InChI=1S/C15H20O5/c1-10(16)8-15(18)20-12(3)9-11(2)19-14-7-5-4-6-13(14)17/h4-7,11-12,17H,8-9H2,1-3H3/t11-,12-/m0/s1. The first-order chi connectivity index (χ1) is 9.38. The minimum atomic E-state index is -0.528. The van der Waals surface area contributed by atoms with Crippen LogP contribution in [0.25, 0.3) is 0 Å². The third kappa shape index (κ3) is 5.73. The smallest absolute Gasteiger partial charge is 0.313 e. The quantitative estimate of drug-likeness (QED) is 0.613. The van der Waals surface area contributed by atoms with Crippen LogP contribution in [0.3, 0.4) is 0 Å². The van der Waals surface area contributed by atoms with E-state index in [9.17, 15) is 14.7 Å². The highest BCUT2D eigenvalue weighted by atomic mass is 16.5. The van der Waals surface area contributed by atoms with E-state index in [0.717, 1.165) is 0 Å². The van der Waals surface area contributed by atoms with Gasteiger partial charge in [0.05, 0.1) is 6.10 Å². The van der Waals surface area contributed by atoms with Gasteiger partial charge in [-0.2, -0.15) is 0 Å². The van der Waals surface area contributed by atoms with Gasteiger partial charge in [0.25, 0.3) is 0 Å². The van der Waals surface area contributed by atoms with E-state index in [1.54, 1.807) is 31.2 Å². The van der Waals surface area contributed by atoms with Crippen LogP contribution < -0.4 is 4.74 Å². The topological polar surface area (TPSA) is 72.8 Å². The number of hydrogen-bond donors (Lipinski definition) is 1. The van der Waals surface area contributed by atoms with Gasteiger partial charge >= 0.3 is 5.97 Å². The zero-order chi connectivity index (χ0) is 15.1. The molecule has 0 heterocycles. The van der Waals surface area contributed by atoms with Gasteiger partial charge in [-0.05, 0) is 32.9 Å². The second-order valence-electron chi connectivity index (χ2n) is 4.81. The molecule has 5 heteroatoms. The lowest BCUT2D eigenvalue weighted by Gasteiger charge is -2.19. The number of phenolic OH excluding ortho intramolecular Hbond substituents is 1. The summed E-state index contributed by atoms with van der Waals surface area (Å²) in [4.78, 5) is 22.1. The Bertz CT molecular complexity index is 469. The fourth-order valence-corrected chi connectivity index (χ4v) is 1.81. The van der Waals surface area contributed by atoms with Crippen LogP contribution in [0.1, 0.15) is 33.6 Å². The zero-order valence-corrected chi connectivity index (χ0v) is 12.0. The summed E-state index contributed by atoms with van der Waals surface area (Å²) in [6.45, 7) is 4.90. The molecule has 1 rings (SSSR count). The van der Waals surface area contributed by atoms with Crippen molar-refractivity contribution in [3.63, 3.8) is 0 Å². The molecule has 1 aromatic rings. The van der Waals surface area contributed by atoms with E-state index in [2.05, 4.69) is 0 Å². The van der Waals surface area contributed by atoms with Gasteiger partial charge in [-0.15, -0.1) is 0 Å². The van der Waals surface area contributed by atoms with E-state index in [0.29, 0.717) is 12.2 Å². The maximum atomic E-state index is 11.3. The fraction of sp³-hybridized carbons (Fsp3) is 0.467. The number of esters is 1. The predicted molar refractivity (Wildman–Crippen MR) is 73.7 cm³/mol. The molecule has 0 fully saturated rings. The summed E-state index contributed by atoms with van der Waals surface area (Å²) < 4.78 is 10.7. The van der Waals surface area contributed by atoms with Crippen molar-refractivity contribution >= 4 is 11.8 Å². The van der Waals surface area contributed by atoms with Crippen molar-refractivity contribution in [2.45, 2.75) is 45.8 Å². The van der Waals surface area contributed by atoms with Crippen molar-refractivity contribution in [3.8, 4) is 11.5 Å². The molecule has 2 atom stereocenters. The molecule has 0 amide bonds. The average molecular weight is 280 g/mol. The van der Waals surface area contributed by atoms with Crippen molar-refractivity contribution < 1.29 is 24.2 Å². The highest BCUT2D eigenvalue weighted by Gasteiger charge is 2.16. The van der Waals surface area contributed by atoms with Gasteiger partial charge in [-0.25, -0.2) is 0 Å². The van der Waals surface area contributed by atoms with Crippen molar-refractivity contribution in [2.75, 3.05) is 0 Å². The Hall–Kier alpha value is -2.04. The van der Waals surface area contributed by atoms with Gasteiger partial charge in [0.2, 0.25) is 0 Å². The maximum absolute atomic E-state index is 11.3. The molecule has 5 nitrogen and oxygen atoms in total. The van der Waals surface area contributed by atoms with Gasteiger partial charge in [-0.1, -0.05) is 12.1 Å². The molecular formula is C15H20O5. The van der Waals surface area contributed by atoms with E-state index in [1.807, 2.05) is 6.92 Å². The monoisotopic (exact) mass is 280 g/mol. The molecule has 20 heavy (non-hydrogen) atoms. The largest absolute Gasteiger partial charge is 0.504 e. The lowest BCUT2D eigenvalue weighted by Crippen LogP contribution is -2.24. The summed E-state index contributed by atoms with van der Waals surface area (Å²) in [5.41, 5.74) is 0. The van der Waals surface area contributed by atoms with Crippen molar-refractivity contribution in [1.82, 2.24) is 0 Å². The molecule has 0 bridgehead atoms. The van der Waals surface area contributed by atoms with Crippen LogP contribution in [-0.4, -0.2) is 29.1 Å². The lowest BCUT2D eigenvalue weighted by molar-refractivity contribution is -0.150. The molecular weight excluding hydrogens is 260 g/mol. The summed E-state index contributed by atoms with van der Waals surface area (Å²) in [5, 5.41) is 9.59. The number of Topliss-reactive ketones (excluding diaryl/α,β-unsaturated/α-hetero) is 1. The first-order valence-electron chi connectivity index (χ1n) is 6.52. The number of ether oxygens (including phenoxy) is 2. The molecule has 1 N–H and O–H groups in total. The molecule has 0 spiro atoms. The molecule has 0 aliphatic carbocycles. The molecule has 1 aromatic carbocycles. The number of carbonyl (C=O) groups is 2. The van der Waals surface area contributed by atoms with Crippen LogP contribution in [-0.2, 0) is 14.3 Å². The Kier molecular flexibility index (Phi) is 6.03. The van der Waals surface area contributed by atoms with Crippen LogP contribution in [0.4, 0.5) is 0 Å². The van der Waals surface area contributed by atoms with Gasteiger partial charge in [0.1, 0.15) is 18.3 Å². The number of ketones is 1. The van der Waals surface area contributed by atoms with Gasteiger partial charge in [0, 0.05) is 6.42 Å². The number of phenols is 1. The number of hydrogen-bond acceptors (Lipinski definition) is 5. The molecule has 110 valence electrons. The summed E-state index contributed by atoms with van der Waals surface area (Å²) in [6, 6.07) is 6.67. The van der Waals surface area contributed by atoms with Gasteiger partial charge in [-0.3, -0.25) is 9.59 Å². The Balaban J connectivity index is 2.42. The highest BCUT2D eigenvalue weighted by Crippen LogP contribution is 2.26. The van der Waals surface area contributed by atoms with Crippen LogP contribution in [0.5, 0.6) is 11.5 Å². The molecule has 0 aliphatic heterocycles. The minimum Gasteiger partial charge on any atom is -0.504 e. The molecule has 0 aliphatic rings. The average Bonchev–Trinajstić information content (AvgIpc) is 2.30. The highest BCUT2D eigenvalue weighted by molar-refractivity contribution is 5.94. The third-order valence-corrected chi connectivity index (χ3v) is 2.58. The van der Waals surface area contributed by atoms with E-state index >= 15 is 0 Å². The van der Waals surface area contributed by atoms with Gasteiger partial charge in [0.15, 0.2) is 11.5 Å². The van der Waals surface area contributed by atoms with E-state index in [1.165, 1.54) is 6.92 Å². The Morgan fingerprint density at radius 1 is 1.20 bits per heavy atom. The Morgan fingerprint density at radius 3 is 2.45 bits per heavy atom. The second kappa shape index (κ2) is 7.53. The minimum absolute atomic E-state index is 0.0700. The SMILES string of the molecule is CC(=O)CC(=O)O[C@@H](C)C[C@H](C)Oc1ccccc1O. The van der Waals surface area contributed by atoms with E-state index < -0.39 is 5.97 Å². The van der Waals surface area contributed by atoms with Crippen molar-refractivity contribution in [3.05, 3.63) is 24.3 Å². The number of benzene rings is 1. The van der Waals surface area contributed by atoms with Crippen LogP contribution in [0, 0.1) is 0 Å².